The van der Waals surface area contributed by atoms with Crippen molar-refractivity contribution in [2.24, 2.45) is 0 Å². The number of morpholine rings is 1. The van der Waals surface area contributed by atoms with Gasteiger partial charge in [0.25, 0.3) is 5.91 Å². The van der Waals surface area contributed by atoms with Crippen molar-refractivity contribution in [1.29, 1.82) is 0 Å². The molecule has 0 spiro atoms. The number of methoxy groups -OCH3 is 1. The number of hydrogen-bond donors (Lipinski definition) is 1. The van der Waals surface area contributed by atoms with Crippen LogP contribution in [0.2, 0.25) is 0 Å². The summed E-state index contributed by atoms with van der Waals surface area (Å²) >= 11 is 1.18. The maximum atomic E-state index is 13.1. The molecule has 138 valence electrons. The van der Waals surface area contributed by atoms with Gasteiger partial charge in [-0.2, -0.15) is 0 Å². The van der Waals surface area contributed by atoms with Crippen molar-refractivity contribution in [3.05, 3.63) is 29.8 Å². The molecule has 2 atom stereocenters. The smallest absolute Gasteiger partial charge is 0.316 e. The second-order valence-electron chi connectivity index (χ2n) is 6.74. The zero-order valence-electron chi connectivity index (χ0n) is 15.0. The Morgan fingerprint density at radius 3 is 2.76 bits per heavy atom. The van der Waals surface area contributed by atoms with Gasteiger partial charge in [-0.15, -0.1) is 11.8 Å². The zero-order valence-corrected chi connectivity index (χ0v) is 15.8. The molecule has 0 radical (unpaired) electrons. The fourth-order valence-electron chi connectivity index (χ4n) is 2.88. The second-order valence-corrected chi connectivity index (χ2v) is 8.12. The van der Waals surface area contributed by atoms with Crippen LogP contribution in [0.5, 0.6) is 0 Å². The van der Waals surface area contributed by atoms with Gasteiger partial charge in [0.1, 0.15) is 5.25 Å². The lowest BCUT2D eigenvalue weighted by molar-refractivity contribution is -0.143. The molecule has 0 bridgehead atoms. The fourth-order valence-corrected chi connectivity index (χ4v) is 3.80. The number of ether oxygens (including phenoxy) is 2. The third-order valence-corrected chi connectivity index (χ3v) is 5.06. The number of hydrogen-bond acceptors (Lipinski definition) is 5. The van der Waals surface area contributed by atoms with Crippen LogP contribution in [0.4, 0.5) is 0 Å². The Morgan fingerprint density at radius 2 is 2.12 bits per heavy atom. The van der Waals surface area contributed by atoms with Crippen molar-refractivity contribution in [1.82, 2.24) is 4.90 Å². The topological polar surface area (TPSA) is 76.1 Å². The average molecular weight is 367 g/mol. The number of amides is 1. The van der Waals surface area contributed by atoms with Gasteiger partial charge in [-0.25, -0.2) is 0 Å². The van der Waals surface area contributed by atoms with Crippen LogP contribution in [0.3, 0.4) is 0 Å². The summed E-state index contributed by atoms with van der Waals surface area (Å²) in [5.74, 6) is -1.02. The number of rotatable bonds is 6. The molecule has 0 aromatic heterocycles. The number of benzene rings is 1. The Labute approximate surface area is 152 Å². The van der Waals surface area contributed by atoms with Gasteiger partial charge >= 0.3 is 5.97 Å². The molecule has 1 aliphatic rings. The fraction of sp³-hybridized carbons (Fsp3) is 0.556. The Bertz CT molecular complexity index is 634. The second kappa shape index (κ2) is 8.21. The lowest BCUT2D eigenvalue weighted by Crippen LogP contribution is -2.55. The largest absolute Gasteiger partial charge is 0.480 e. The molecule has 0 saturated carbocycles. The van der Waals surface area contributed by atoms with Crippen molar-refractivity contribution in [2.75, 3.05) is 26.8 Å². The molecular weight excluding hydrogens is 342 g/mol. The molecule has 1 saturated heterocycles. The van der Waals surface area contributed by atoms with Gasteiger partial charge in [0.15, 0.2) is 0 Å². The van der Waals surface area contributed by atoms with Crippen molar-refractivity contribution in [3.8, 4) is 0 Å². The number of carboxylic acids is 1. The highest BCUT2D eigenvalue weighted by Gasteiger charge is 2.36. The average Bonchev–Trinajstić information content (AvgIpc) is 2.53. The summed E-state index contributed by atoms with van der Waals surface area (Å²) in [6, 6.07) is 7.13. The van der Waals surface area contributed by atoms with Crippen molar-refractivity contribution >= 4 is 23.6 Å². The van der Waals surface area contributed by atoms with E-state index in [0.29, 0.717) is 30.2 Å². The van der Waals surface area contributed by atoms with Gasteiger partial charge in [-0.05, 0) is 32.9 Å². The Morgan fingerprint density at radius 1 is 1.44 bits per heavy atom. The number of aliphatic carboxylic acids is 1. The van der Waals surface area contributed by atoms with Gasteiger partial charge in [-0.1, -0.05) is 12.1 Å². The molecule has 1 aromatic carbocycles. The van der Waals surface area contributed by atoms with Crippen molar-refractivity contribution in [2.45, 2.75) is 42.6 Å². The summed E-state index contributed by atoms with van der Waals surface area (Å²) in [5, 5.41) is 8.51. The summed E-state index contributed by atoms with van der Waals surface area (Å²) in [6.07, 6.45) is -0.185. The van der Waals surface area contributed by atoms with E-state index >= 15 is 0 Å². The first-order valence-corrected chi connectivity index (χ1v) is 9.06. The van der Waals surface area contributed by atoms with Gasteiger partial charge in [0.2, 0.25) is 0 Å². The van der Waals surface area contributed by atoms with E-state index in [1.165, 1.54) is 11.8 Å². The third-order valence-electron chi connectivity index (χ3n) is 3.89. The molecule has 25 heavy (non-hydrogen) atoms. The minimum atomic E-state index is -0.903. The quantitative estimate of drug-likeness (QED) is 0.779. The molecule has 1 aromatic rings. The number of carboxylic acid groups (broad SMARTS) is 1. The van der Waals surface area contributed by atoms with Crippen LogP contribution in [0.25, 0.3) is 0 Å². The number of thioether (sulfide) groups is 1. The summed E-state index contributed by atoms with van der Waals surface area (Å²) in [7, 11) is 1.61. The van der Waals surface area contributed by atoms with Gasteiger partial charge < -0.3 is 19.5 Å². The van der Waals surface area contributed by atoms with Crippen LogP contribution >= 0.6 is 11.8 Å². The standard InChI is InChI=1S/C18H25NO5S/c1-12(17(21)22)25-15-8-6-5-7-14(15)16(20)19-9-13(10-23-4)24-18(2,3)11-19/h5-8,12-13H,9-11H2,1-4H3,(H,21,22). The lowest BCUT2D eigenvalue weighted by atomic mass is 10.0. The Hall–Kier alpha value is -1.57. The molecule has 7 heteroatoms. The van der Waals surface area contributed by atoms with E-state index in [0.717, 1.165) is 0 Å². The summed E-state index contributed by atoms with van der Waals surface area (Å²) < 4.78 is 11.1. The highest BCUT2D eigenvalue weighted by atomic mass is 32.2. The third kappa shape index (κ3) is 5.20. The molecule has 1 N–H and O–H groups in total. The summed E-state index contributed by atoms with van der Waals surface area (Å²) in [6.45, 7) is 6.84. The summed E-state index contributed by atoms with van der Waals surface area (Å²) in [5.41, 5.74) is 0.0579. The molecule has 1 heterocycles. The molecule has 2 rings (SSSR count). The van der Waals surface area contributed by atoms with Crippen LogP contribution in [0.1, 0.15) is 31.1 Å². The monoisotopic (exact) mass is 367 g/mol. The first-order chi connectivity index (χ1) is 11.7. The van der Waals surface area contributed by atoms with E-state index in [9.17, 15) is 9.59 Å². The first kappa shape index (κ1) is 19.8. The predicted molar refractivity (Wildman–Crippen MR) is 96.1 cm³/mol. The Kier molecular flexibility index (Phi) is 6.48. The van der Waals surface area contributed by atoms with E-state index in [4.69, 9.17) is 14.6 Å². The maximum absolute atomic E-state index is 13.1. The zero-order chi connectivity index (χ0) is 18.6. The Balaban J connectivity index is 2.23. The maximum Gasteiger partial charge on any atom is 0.316 e. The van der Waals surface area contributed by atoms with Gasteiger partial charge in [0.05, 0.1) is 23.9 Å². The summed E-state index contributed by atoms with van der Waals surface area (Å²) in [4.78, 5) is 26.7. The van der Waals surface area contributed by atoms with Gasteiger partial charge in [-0.3, -0.25) is 9.59 Å². The number of carbonyl (C=O) groups excluding carboxylic acids is 1. The lowest BCUT2D eigenvalue weighted by Gasteiger charge is -2.42. The van der Waals surface area contributed by atoms with E-state index in [1.54, 1.807) is 37.1 Å². The molecule has 0 aliphatic carbocycles. The molecule has 1 aliphatic heterocycles. The van der Waals surface area contributed by atoms with Crippen LogP contribution in [-0.2, 0) is 14.3 Å². The van der Waals surface area contributed by atoms with E-state index in [2.05, 4.69) is 0 Å². The van der Waals surface area contributed by atoms with Crippen LogP contribution in [0, 0.1) is 0 Å². The molecule has 1 amide bonds. The van der Waals surface area contributed by atoms with Crippen LogP contribution < -0.4 is 0 Å². The highest BCUT2D eigenvalue weighted by Crippen LogP contribution is 2.29. The predicted octanol–water partition coefficient (Wildman–Crippen LogP) is 2.52. The van der Waals surface area contributed by atoms with E-state index in [1.807, 2.05) is 19.9 Å². The van der Waals surface area contributed by atoms with Gasteiger partial charge in [0, 0.05) is 25.1 Å². The molecule has 2 unspecified atom stereocenters. The molecular formula is C18H25NO5S. The van der Waals surface area contributed by atoms with Crippen molar-refractivity contribution in [3.63, 3.8) is 0 Å². The van der Waals surface area contributed by atoms with Crippen LogP contribution in [-0.4, -0.2) is 65.6 Å². The molecule has 1 fully saturated rings. The normalized spacial score (nSPS) is 21.0. The van der Waals surface area contributed by atoms with E-state index < -0.39 is 16.8 Å². The first-order valence-electron chi connectivity index (χ1n) is 8.18. The van der Waals surface area contributed by atoms with Crippen molar-refractivity contribution < 1.29 is 24.2 Å². The number of carbonyl (C=O) groups is 2. The molecule has 6 nitrogen and oxygen atoms in total. The van der Waals surface area contributed by atoms with E-state index in [-0.39, 0.29) is 12.0 Å². The van der Waals surface area contributed by atoms with Crippen LogP contribution in [0.15, 0.2) is 29.2 Å². The SMILES string of the molecule is COCC1CN(C(=O)c2ccccc2SC(C)C(=O)O)CC(C)(C)O1. The highest BCUT2D eigenvalue weighted by molar-refractivity contribution is 8.00. The number of nitrogens with zero attached hydrogens (tertiary/aromatic N) is 1. The minimum Gasteiger partial charge on any atom is -0.480 e. The minimum absolute atomic E-state index is 0.113.